The molecule has 0 spiro atoms. The van der Waals surface area contributed by atoms with Gasteiger partial charge in [0, 0.05) is 17.3 Å². The van der Waals surface area contributed by atoms with Gasteiger partial charge in [-0.2, -0.15) is 13.2 Å². The highest BCUT2D eigenvalue weighted by Gasteiger charge is 2.38. The van der Waals surface area contributed by atoms with Crippen LogP contribution >= 0.6 is 0 Å². The topological polar surface area (TPSA) is 33.1 Å². The molecule has 4 rings (SSSR count). The molecule has 1 atom stereocenters. The van der Waals surface area contributed by atoms with Gasteiger partial charge < -0.3 is 5.11 Å². The Morgan fingerprint density at radius 3 is 2.15 bits per heavy atom. The summed E-state index contributed by atoms with van der Waals surface area (Å²) in [6.45, 7) is 1.35. The number of hydrogen-bond acceptors (Lipinski definition) is 2. The Hall–Kier alpha value is -2.92. The summed E-state index contributed by atoms with van der Waals surface area (Å²) in [6.07, 6.45) is -4.38. The van der Waals surface area contributed by atoms with E-state index in [0.29, 0.717) is 16.6 Å². The Morgan fingerprint density at radius 1 is 0.889 bits per heavy atom. The van der Waals surface area contributed by atoms with Crippen LogP contribution in [0.1, 0.15) is 24.2 Å². The molecule has 1 aromatic heterocycles. The van der Waals surface area contributed by atoms with Gasteiger partial charge in [-0.15, -0.1) is 0 Å². The number of aliphatic hydroxyl groups is 1. The van der Waals surface area contributed by atoms with E-state index in [9.17, 15) is 18.3 Å². The molecule has 27 heavy (non-hydrogen) atoms. The molecule has 1 heterocycles. The van der Waals surface area contributed by atoms with Crippen molar-refractivity contribution in [1.82, 2.24) is 4.98 Å². The minimum atomic E-state index is -4.61. The normalized spacial score (nSPS) is 13.2. The van der Waals surface area contributed by atoms with Crippen molar-refractivity contribution < 1.29 is 18.3 Å². The summed E-state index contributed by atoms with van der Waals surface area (Å²) in [5.74, 6) is 0. The predicted molar refractivity (Wildman–Crippen MR) is 100 cm³/mol. The van der Waals surface area contributed by atoms with Crippen molar-refractivity contribution in [1.29, 1.82) is 0 Å². The van der Waals surface area contributed by atoms with Crippen molar-refractivity contribution >= 4 is 21.5 Å². The first-order valence-electron chi connectivity index (χ1n) is 8.52. The predicted octanol–water partition coefficient (Wildman–Crippen LogP) is 6.13. The minimum Gasteiger partial charge on any atom is -0.389 e. The molecule has 136 valence electrons. The van der Waals surface area contributed by atoms with Crippen LogP contribution in [0.15, 0.2) is 66.9 Å². The molecule has 1 unspecified atom stereocenters. The van der Waals surface area contributed by atoms with E-state index in [0.717, 1.165) is 10.8 Å². The van der Waals surface area contributed by atoms with E-state index < -0.39 is 17.8 Å². The van der Waals surface area contributed by atoms with Gasteiger partial charge in [-0.25, -0.2) is 0 Å². The van der Waals surface area contributed by atoms with E-state index in [-0.39, 0.29) is 10.9 Å². The van der Waals surface area contributed by atoms with Gasteiger partial charge in [0.25, 0.3) is 0 Å². The summed E-state index contributed by atoms with van der Waals surface area (Å²) < 4.78 is 42.3. The van der Waals surface area contributed by atoms with Gasteiger partial charge in [0.05, 0.1) is 17.4 Å². The van der Waals surface area contributed by atoms with E-state index in [1.807, 2.05) is 12.1 Å². The molecule has 0 bridgehead atoms. The molecule has 0 radical (unpaired) electrons. The van der Waals surface area contributed by atoms with E-state index in [1.54, 1.807) is 48.5 Å². The summed E-state index contributed by atoms with van der Waals surface area (Å²) in [5, 5.41) is 12.4. The number of benzene rings is 3. The second kappa shape index (κ2) is 6.35. The van der Waals surface area contributed by atoms with Gasteiger partial charge in [-0.05, 0) is 58.8 Å². The molecule has 0 aliphatic heterocycles. The van der Waals surface area contributed by atoms with Crippen LogP contribution in [-0.2, 0) is 6.18 Å². The smallest absolute Gasteiger partial charge is 0.389 e. The lowest BCUT2D eigenvalue weighted by Gasteiger charge is -2.22. The number of alkyl halides is 3. The maximum absolute atomic E-state index is 14.1. The molecule has 0 aliphatic rings. The van der Waals surface area contributed by atoms with E-state index in [4.69, 9.17) is 0 Å². The maximum atomic E-state index is 14.1. The Morgan fingerprint density at radius 2 is 1.56 bits per heavy atom. The number of aliphatic hydroxyl groups excluding tert-OH is 1. The lowest BCUT2D eigenvalue weighted by Crippen LogP contribution is -2.13. The average Bonchev–Trinajstić information content (AvgIpc) is 2.64. The zero-order chi connectivity index (χ0) is 19.2. The van der Waals surface area contributed by atoms with Crippen molar-refractivity contribution in [2.75, 3.05) is 0 Å². The second-order valence-corrected chi connectivity index (χ2v) is 6.52. The molecule has 0 saturated heterocycles. The number of nitrogens with zero attached hydrogens (tertiary/aromatic N) is 1. The van der Waals surface area contributed by atoms with Crippen LogP contribution in [0.5, 0.6) is 0 Å². The maximum Gasteiger partial charge on any atom is 0.417 e. The van der Waals surface area contributed by atoms with Crippen molar-refractivity contribution in [3.05, 3.63) is 78.0 Å². The van der Waals surface area contributed by atoms with Crippen LogP contribution in [0.25, 0.3) is 32.8 Å². The van der Waals surface area contributed by atoms with Crippen LogP contribution in [0.4, 0.5) is 13.2 Å². The largest absolute Gasteiger partial charge is 0.417 e. The third-order valence-electron chi connectivity index (χ3n) is 4.69. The Labute approximate surface area is 153 Å². The van der Waals surface area contributed by atoms with Gasteiger partial charge in [0.1, 0.15) is 0 Å². The first-order chi connectivity index (χ1) is 12.9. The summed E-state index contributed by atoms with van der Waals surface area (Å²) in [6, 6.07) is 17.3. The van der Waals surface area contributed by atoms with E-state index in [2.05, 4.69) is 4.98 Å². The molecule has 1 N–H and O–H groups in total. The molecule has 0 amide bonds. The number of fused-ring (bicyclic) bond motifs is 2. The Bertz CT molecular complexity index is 1140. The summed E-state index contributed by atoms with van der Waals surface area (Å²) in [4.78, 5) is 4.21. The van der Waals surface area contributed by atoms with E-state index >= 15 is 0 Å². The molecular formula is C22H16F3NO. The molecule has 0 aliphatic carbocycles. The molecule has 2 nitrogen and oxygen atoms in total. The van der Waals surface area contributed by atoms with Gasteiger partial charge >= 0.3 is 6.18 Å². The van der Waals surface area contributed by atoms with Crippen LogP contribution in [0.2, 0.25) is 0 Å². The standard InChI is InChI=1S/C22H16F3NO/c1-13(27)20-18(19-8-4-5-9-26-19)12-16-10-14-6-2-3-7-15(14)11-17(16)21(20)22(23,24)25/h2-13,27H,1H3. The lowest BCUT2D eigenvalue weighted by molar-refractivity contribution is -0.137. The summed E-state index contributed by atoms with van der Waals surface area (Å²) >= 11 is 0. The summed E-state index contributed by atoms with van der Waals surface area (Å²) in [7, 11) is 0. The third kappa shape index (κ3) is 3.04. The van der Waals surface area contributed by atoms with Crippen LogP contribution in [-0.4, -0.2) is 10.1 Å². The second-order valence-electron chi connectivity index (χ2n) is 6.52. The average molecular weight is 367 g/mol. The number of hydrogen-bond donors (Lipinski definition) is 1. The van der Waals surface area contributed by atoms with Crippen LogP contribution in [0, 0.1) is 0 Å². The molecule has 4 aromatic rings. The molecule has 5 heteroatoms. The summed E-state index contributed by atoms with van der Waals surface area (Å²) in [5.41, 5.74) is -0.264. The molecule has 0 saturated carbocycles. The highest BCUT2D eigenvalue weighted by atomic mass is 19.4. The minimum absolute atomic E-state index is 0.0804. The first-order valence-corrected chi connectivity index (χ1v) is 8.52. The van der Waals surface area contributed by atoms with Crippen molar-refractivity contribution in [2.24, 2.45) is 0 Å². The van der Waals surface area contributed by atoms with Crippen LogP contribution in [0.3, 0.4) is 0 Å². The molecular weight excluding hydrogens is 351 g/mol. The number of pyridine rings is 1. The monoisotopic (exact) mass is 367 g/mol. The number of rotatable bonds is 2. The quantitative estimate of drug-likeness (QED) is 0.433. The van der Waals surface area contributed by atoms with Crippen LogP contribution < -0.4 is 0 Å². The third-order valence-corrected chi connectivity index (χ3v) is 4.69. The van der Waals surface area contributed by atoms with Gasteiger partial charge in [0.2, 0.25) is 0 Å². The first kappa shape index (κ1) is 17.5. The molecule has 3 aromatic carbocycles. The van der Waals surface area contributed by atoms with Crippen molar-refractivity contribution in [3.8, 4) is 11.3 Å². The lowest BCUT2D eigenvalue weighted by atomic mass is 9.88. The SMILES string of the molecule is CC(O)c1c(-c2ccccn2)cc2cc3ccccc3cc2c1C(F)(F)F. The van der Waals surface area contributed by atoms with Crippen molar-refractivity contribution in [3.63, 3.8) is 0 Å². The molecule has 0 fully saturated rings. The number of aromatic nitrogens is 1. The fourth-order valence-electron chi connectivity index (χ4n) is 3.58. The fraction of sp³-hybridized carbons (Fsp3) is 0.136. The fourth-order valence-corrected chi connectivity index (χ4v) is 3.58. The highest BCUT2D eigenvalue weighted by molar-refractivity contribution is 6.02. The zero-order valence-electron chi connectivity index (χ0n) is 14.5. The Balaban J connectivity index is 2.20. The highest BCUT2D eigenvalue weighted by Crippen LogP contribution is 2.44. The van der Waals surface area contributed by atoms with Gasteiger partial charge in [-0.3, -0.25) is 4.98 Å². The van der Waals surface area contributed by atoms with Crippen molar-refractivity contribution in [2.45, 2.75) is 19.2 Å². The van der Waals surface area contributed by atoms with E-state index in [1.165, 1.54) is 13.1 Å². The Kier molecular flexibility index (Phi) is 4.12. The zero-order valence-corrected chi connectivity index (χ0v) is 14.5. The van der Waals surface area contributed by atoms with Gasteiger partial charge in [0.15, 0.2) is 0 Å². The van der Waals surface area contributed by atoms with Gasteiger partial charge in [-0.1, -0.05) is 30.3 Å². The number of halogens is 3.